The first kappa shape index (κ1) is 16.5. The third-order valence-electron chi connectivity index (χ3n) is 8.43. The van der Waals surface area contributed by atoms with Crippen molar-refractivity contribution in [2.45, 2.75) is 71.8 Å². The highest BCUT2D eigenvalue weighted by molar-refractivity contribution is 5.91. The van der Waals surface area contributed by atoms with Gasteiger partial charge in [-0.3, -0.25) is 9.59 Å². The molecule has 0 heterocycles. The van der Waals surface area contributed by atoms with Crippen LogP contribution in [0, 0.1) is 34.5 Å². The lowest BCUT2D eigenvalue weighted by atomic mass is 9.46. The molecule has 3 heteroatoms. The molecule has 0 bridgehead atoms. The molecule has 0 amide bonds. The first-order valence-corrected chi connectivity index (χ1v) is 9.70. The van der Waals surface area contributed by atoms with Gasteiger partial charge in [0.1, 0.15) is 5.78 Å². The van der Waals surface area contributed by atoms with E-state index in [1.165, 1.54) is 5.57 Å². The number of rotatable bonds is 1. The third-order valence-corrected chi connectivity index (χ3v) is 8.43. The van der Waals surface area contributed by atoms with Gasteiger partial charge in [-0.2, -0.15) is 0 Å². The maximum Gasteiger partial charge on any atom is 0.155 e. The second-order valence-corrected chi connectivity index (χ2v) is 9.40. The standard InChI is InChI=1S/C21H30O3/c1-12(22)19-18(24)11-17-15-5-4-13-10-14(23)6-8-20(13,2)16(15)7-9-21(17,19)3/h10,15-19,24H,4-9,11H2,1-3H3/t15-,16+,17-,18+,19+,20+,21+/m1/s1. The Balaban J connectivity index is 1.69. The van der Waals surface area contributed by atoms with E-state index in [9.17, 15) is 14.7 Å². The van der Waals surface area contributed by atoms with Crippen LogP contribution in [0.4, 0.5) is 0 Å². The van der Waals surface area contributed by atoms with E-state index in [0.717, 1.165) is 38.5 Å². The highest BCUT2D eigenvalue weighted by Crippen LogP contribution is 2.66. The first-order valence-electron chi connectivity index (χ1n) is 9.70. The van der Waals surface area contributed by atoms with Crippen molar-refractivity contribution in [1.29, 1.82) is 0 Å². The summed E-state index contributed by atoms with van der Waals surface area (Å²) >= 11 is 0. The maximum atomic E-state index is 12.2. The minimum absolute atomic E-state index is 0.0333. The van der Waals surface area contributed by atoms with Gasteiger partial charge in [-0.15, -0.1) is 0 Å². The Bertz CT molecular complexity index is 621. The topological polar surface area (TPSA) is 54.4 Å². The molecule has 0 aromatic carbocycles. The number of hydrogen-bond acceptors (Lipinski definition) is 3. The molecule has 4 rings (SSSR count). The van der Waals surface area contributed by atoms with E-state index in [2.05, 4.69) is 13.8 Å². The van der Waals surface area contributed by atoms with E-state index < -0.39 is 6.10 Å². The molecule has 7 atom stereocenters. The number of ketones is 2. The number of aliphatic hydroxyl groups excluding tert-OH is 1. The van der Waals surface area contributed by atoms with Crippen LogP contribution in [0.1, 0.15) is 65.7 Å². The number of Topliss-reactive ketones (excluding diaryl/α,β-unsaturated/α-hetero) is 1. The largest absolute Gasteiger partial charge is 0.392 e. The van der Waals surface area contributed by atoms with Crippen LogP contribution < -0.4 is 0 Å². The van der Waals surface area contributed by atoms with E-state index in [1.54, 1.807) is 6.92 Å². The summed E-state index contributed by atoms with van der Waals surface area (Å²) in [6.45, 7) is 6.29. The minimum Gasteiger partial charge on any atom is -0.392 e. The molecule has 3 saturated carbocycles. The molecule has 24 heavy (non-hydrogen) atoms. The number of fused-ring (bicyclic) bond motifs is 5. The molecule has 1 N–H and O–H groups in total. The van der Waals surface area contributed by atoms with Crippen molar-refractivity contribution in [3.05, 3.63) is 11.6 Å². The monoisotopic (exact) mass is 330 g/mol. The zero-order chi connectivity index (χ0) is 17.3. The van der Waals surface area contributed by atoms with Crippen molar-refractivity contribution in [2.75, 3.05) is 0 Å². The summed E-state index contributed by atoms with van der Waals surface area (Å²) in [4.78, 5) is 24.1. The number of carbonyl (C=O) groups excluding carboxylic acids is 2. The van der Waals surface area contributed by atoms with Gasteiger partial charge in [0.15, 0.2) is 5.78 Å². The smallest absolute Gasteiger partial charge is 0.155 e. The molecule has 0 spiro atoms. The van der Waals surface area contributed by atoms with Crippen molar-refractivity contribution in [3.63, 3.8) is 0 Å². The van der Waals surface area contributed by atoms with Gasteiger partial charge < -0.3 is 5.11 Å². The van der Waals surface area contributed by atoms with E-state index in [0.29, 0.717) is 30.0 Å². The van der Waals surface area contributed by atoms with Crippen molar-refractivity contribution in [2.24, 2.45) is 34.5 Å². The molecule has 0 unspecified atom stereocenters. The molecular formula is C21H30O3. The van der Waals surface area contributed by atoms with Gasteiger partial charge >= 0.3 is 0 Å². The van der Waals surface area contributed by atoms with Crippen LogP contribution >= 0.6 is 0 Å². The van der Waals surface area contributed by atoms with E-state index >= 15 is 0 Å². The Labute approximate surface area is 144 Å². The highest BCUT2D eigenvalue weighted by atomic mass is 16.3. The molecule has 0 aromatic heterocycles. The second kappa shape index (κ2) is 5.27. The predicted molar refractivity (Wildman–Crippen MR) is 92.3 cm³/mol. The summed E-state index contributed by atoms with van der Waals surface area (Å²) in [5, 5.41) is 10.6. The maximum absolute atomic E-state index is 12.2. The molecule has 3 nitrogen and oxygen atoms in total. The van der Waals surface area contributed by atoms with Crippen LogP contribution in [0.15, 0.2) is 11.6 Å². The molecule has 0 radical (unpaired) electrons. The Morgan fingerprint density at radius 3 is 2.62 bits per heavy atom. The average molecular weight is 330 g/mol. The Hall–Kier alpha value is -0.960. The number of hydrogen-bond donors (Lipinski definition) is 1. The second-order valence-electron chi connectivity index (χ2n) is 9.40. The van der Waals surface area contributed by atoms with Crippen LogP contribution in [-0.2, 0) is 9.59 Å². The van der Waals surface area contributed by atoms with Gasteiger partial charge in [0.25, 0.3) is 0 Å². The lowest BCUT2D eigenvalue weighted by Crippen LogP contribution is -2.51. The van der Waals surface area contributed by atoms with E-state index in [4.69, 9.17) is 0 Å². The summed E-state index contributed by atoms with van der Waals surface area (Å²) in [6, 6.07) is 0. The lowest BCUT2D eigenvalue weighted by Gasteiger charge is -2.57. The summed E-state index contributed by atoms with van der Waals surface area (Å²) in [5.74, 6) is 1.95. The van der Waals surface area contributed by atoms with Crippen LogP contribution in [0.3, 0.4) is 0 Å². The van der Waals surface area contributed by atoms with Gasteiger partial charge in [0.2, 0.25) is 0 Å². The Morgan fingerprint density at radius 1 is 1.17 bits per heavy atom. The van der Waals surface area contributed by atoms with Gasteiger partial charge in [0.05, 0.1) is 6.10 Å². The van der Waals surface area contributed by atoms with Crippen LogP contribution in [0.2, 0.25) is 0 Å². The van der Waals surface area contributed by atoms with Crippen LogP contribution in [0.5, 0.6) is 0 Å². The molecule has 0 aromatic rings. The average Bonchev–Trinajstić information content (AvgIpc) is 2.78. The molecule has 4 aliphatic rings. The van der Waals surface area contributed by atoms with Gasteiger partial charge in [-0.1, -0.05) is 19.4 Å². The Morgan fingerprint density at radius 2 is 1.92 bits per heavy atom. The van der Waals surface area contributed by atoms with Crippen LogP contribution in [0.25, 0.3) is 0 Å². The van der Waals surface area contributed by atoms with Crippen molar-refractivity contribution < 1.29 is 14.7 Å². The summed E-state index contributed by atoms with van der Waals surface area (Å²) in [7, 11) is 0. The first-order chi connectivity index (χ1) is 11.3. The zero-order valence-corrected chi connectivity index (χ0v) is 15.2. The summed E-state index contributed by atoms with van der Waals surface area (Å²) in [6.07, 6.45) is 8.26. The molecule has 0 saturated heterocycles. The molecule has 3 fully saturated rings. The molecule has 132 valence electrons. The SMILES string of the molecule is CC(=O)[C@H]1[C@@H](O)C[C@@H]2[C@@H]3CCC4=CC(=O)CC[C@]4(C)[C@H]3CC[C@@]21C. The predicted octanol–water partition coefficient (Wildman–Crippen LogP) is 3.69. The van der Waals surface area contributed by atoms with Gasteiger partial charge in [-0.25, -0.2) is 0 Å². The quantitative estimate of drug-likeness (QED) is 0.797. The van der Waals surface area contributed by atoms with Crippen molar-refractivity contribution in [1.82, 2.24) is 0 Å². The van der Waals surface area contributed by atoms with Gasteiger partial charge in [-0.05, 0) is 80.1 Å². The molecular weight excluding hydrogens is 300 g/mol. The summed E-state index contributed by atoms with van der Waals surface area (Å²) < 4.78 is 0. The lowest BCUT2D eigenvalue weighted by molar-refractivity contribution is -0.131. The fourth-order valence-electron chi connectivity index (χ4n) is 7.31. The fraction of sp³-hybridized carbons (Fsp3) is 0.810. The molecule has 4 aliphatic carbocycles. The number of carbonyl (C=O) groups is 2. The third kappa shape index (κ3) is 2.06. The highest BCUT2D eigenvalue weighted by Gasteiger charge is 2.62. The zero-order valence-electron chi connectivity index (χ0n) is 15.2. The number of aliphatic hydroxyl groups is 1. The molecule has 0 aliphatic heterocycles. The van der Waals surface area contributed by atoms with E-state index in [1.807, 2.05) is 6.08 Å². The Kier molecular flexibility index (Phi) is 3.62. The summed E-state index contributed by atoms with van der Waals surface area (Å²) in [5.41, 5.74) is 1.51. The van der Waals surface area contributed by atoms with Crippen LogP contribution in [-0.4, -0.2) is 22.8 Å². The van der Waals surface area contributed by atoms with Crippen molar-refractivity contribution >= 4 is 11.6 Å². The van der Waals surface area contributed by atoms with Crippen molar-refractivity contribution in [3.8, 4) is 0 Å². The normalized spacial score (nSPS) is 50.6. The van der Waals surface area contributed by atoms with E-state index in [-0.39, 0.29) is 22.5 Å². The number of allylic oxidation sites excluding steroid dienone is 1. The fourth-order valence-corrected chi connectivity index (χ4v) is 7.31. The minimum atomic E-state index is -0.464. The van der Waals surface area contributed by atoms with Gasteiger partial charge in [0, 0.05) is 12.3 Å².